The van der Waals surface area contributed by atoms with E-state index in [0.717, 1.165) is 26.2 Å². The molecule has 0 aliphatic carbocycles. The van der Waals surface area contributed by atoms with Gasteiger partial charge in [-0.15, -0.1) is 0 Å². The van der Waals surface area contributed by atoms with Crippen LogP contribution in [0, 0.1) is 0 Å². The van der Waals surface area contributed by atoms with Crippen LogP contribution in [0.1, 0.15) is 23.5 Å². The van der Waals surface area contributed by atoms with Gasteiger partial charge in [0.2, 0.25) is 0 Å². The van der Waals surface area contributed by atoms with Gasteiger partial charge >= 0.3 is 0 Å². The highest BCUT2D eigenvalue weighted by Gasteiger charge is 2.20. The first-order valence-electron chi connectivity index (χ1n) is 7.15. The first-order chi connectivity index (χ1) is 8.93. The quantitative estimate of drug-likeness (QED) is 0.837. The third kappa shape index (κ3) is 2.74. The highest BCUT2D eigenvalue weighted by Crippen LogP contribution is 2.26. The van der Waals surface area contributed by atoms with Crippen LogP contribution in [-0.4, -0.2) is 44.2 Å². The molecule has 3 heteroatoms. The molecule has 0 amide bonds. The van der Waals surface area contributed by atoms with E-state index in [1.165, 1.54) is 31.6 Å². The van der Waals surface area contributed by atoms with Crippen LogP contribution >= 0.6 is 0 Å². The maximum Gasteiger partial charge on any atom is 0.0208 e. The third-order valence-corrected chi connectivity index (χ3v) is 4.20. The number of rotatable bonds is 3. The van der Waals surface area contributed by atoms with Gasteiger partial charge in [0.05, 0.1) is 0 Å². The Morgan fingerprint density at radius 3 is 2.83 bits per heavy atom. The van der Waals surface area contributed by atoms with E-state index in [1.54, 1.807) is 5.56 Å². The molecule has 18 heavy (non-hydrogen) atoms. The molecule has 2 aliphatic rings. The molecule has 1 unspecified atom stereocenters. The summed E-state index contributed by atoms with van der Waals surface area (Å²) in [5.74, 6) is 0.699. The highest BCUT2D eigenvalue weighted by atomic mass is 15.2. The van der Waals surface area contributed by atoms with Crippen LogP contribution in [0.2, 0.25) is 0 Å². The average molecular weight is 245 g/mol. The molecule has 0 spiro atoms. The Bertz CT molecular complexity index is 385. The average Bonchev–Trinajstić information content (AvgIpc) is 2.46. The summed E-state index contributed by atoms with van der Waals surface area (Å²) in [4.78, 5) is 2.59. The number of nitrogens with one attached hydrogen (secondary N) is 2. The van der Waals surface area contributed by atoms with E-state index in [9.17, 15) is 0 Å². The van der Waals surface area contributed by atoms with Gasteiger partial charge < -0.3 is 15.5 Å². The molecule has 1 aromatic rings. The highest BCUT2D eigenvalue weighted by molar-refractivity contribution is 5.32. The molecule has 1 saturated heterocycles. The van der Waals surface area contributed by atoms with Crippen molar-refractivity contribution in [1.29, 1.82) is 0 Å². The maximum absolute atomic E-state index is 3.55. The molecule has 0 bridgehead atoms. The molecule has 1 atom stereocenters. The number of hydrogen-bond donors (Lipinski definition) is 2. The predicted molar refractivity (Wildman–Crippen MR) is 74.8 cm³/mol. The number of fused-ring (bicyclic) bond motifs is 1. The molecule has 3 rings (SSSR count). The molecule has 98 valence electrons. The number of hydrogen-bond acceptors (Lipinski definition) is 3. The van der Waals surface area contributed by atoms with E-state index >= 15 is 0 Å². The van der Waals surface area contributed by atoms with Crippen LogP contribution < -0.4 is 10.6 Å². The minimum absolute atomic E-state index is 0.699. The molecular weight excluding hydrogens is 222 g/mol. The van der Waals surface area contributed by atoms with Gasteiger partial charge in [-0.05, 0) is 30.0 Å². The summed E-state index contributed by atoms with van der Waals surface area (Å²) in [6, 6.07) is 8.92. The third-order valence-electron chi connectivity index (χ3n) is 4.20. The van der Waals surface area contributed by atoms with Crippen LogP contribution in [-0.2, 0) is 6.54 Å². The maximum atomic E-state index is 3.55. The standard InChI is InChI=1S/C15H23N3/c1-2-4-15-13(3-1)11-17-12-14(15)5-8-18-9-6-16-7-10-18/h1-4,14,16-17H,5-12H2. The molecule has 2 aliphatic heterocycles. The van der Waals surface area contributed by atoms with Crippen LogP contribution in [0.4, 0.5) is 0 Å². The van der Waals surface area contributed by atoms with Crippen molar-refractivity contribution in [3.8, 4) is 0 Å². The fourth-order valence-electron chi connectivity index (χ4n) is 3.12. The summed E-state index contributed by atoms with van der Waals surface area (Å²) in [7, 11) is 0. The van der Waals surface area contributed by atoms with Crippen LogP contribution in [0.5, 0.6) is 0 Å². The summed E-state index contributed by atoms with van der Waals surface area (Å²) >= 11 is 0. The van der Waals surface area contributed by atoms with Gasteiger partial charge in [-0.25, -0.2) is 0 Å². The van der Waals surface area contributed by atoms with E-state index in [2.05, 4.69) is 39.8 Å². The smallest absolute Gasteiger partial charge is 0.0208 e. The van der Waals surface area contributed by atoms with Gasteiger partial charge in [0.15, 0.2) is 0 Å². The first kappa shape index (κ1) is 12.2. The summed E-state index contributed by atoms with van der Waals surface area (Å²) in [6.45, 7) is 8.15. The zero-order valence-electron chi connectivity index (χ0n) is 11.0. The molecule has 0 saturated carbocycles. The lowest BCUT2D eigenvalue weighted by atomic mass is 9.88. The van der Waals surface area contributed by atoms with Crippen molar-refractivity contribution in [2.24, 2.45) is 0 Å². The van der Waals surface area contributed by atoms with Gasteiger partial charge in [0.1, 0.15) is 0 Å². The molecular formula is C15H23N3. The van der Waals surface area contributed by atoms with Gasteiger partial charge in [0.25, 0.3) is 0 Å². The van der Waals surface area contributed by atoms with E-state index in [-0.39, 0.29) is 0 Å². The minimum Gasteiger partial charge on any atom is -0.314 e. The summed E-state index contributed by atoms with van der Waals surface area (Å²) in [5, 5.41) is 6.96. The number of piperazine rings is 1. The first-order valence-corrected chi connectivity index (χ1v) is 7.15. The van der Waals surface area contributed by atoms with Gasteiger partial charge in [-0.3, -0.25) is 0 Å². The molecule has 2 heterocycles. The van der Waals surface area contributed by atoms with E-state index in [0.29, 0.717) is 5.92 Å². The summed E-state index contributed by atoms with van der Waals surface area (Å²) in [5.41, 5.74) is 3.07. The van der Waals surface area contributed by atoms with Crippen LogP contribution in [0.25, 0.3) is 0 Å². The van der Waals surface area contributed by atoms with Crippen LogP contribution in [0.15, 0.2) is 24.3 Å². The molecule has 0 aromatic heterocycles. The number of benzene rings is 1. The topological polar surface area (TPSA) is 27.3 Å². The second kappa shape index (κ2) is 5.83. The largest absolute Gasteiger partial charge is 0.314 e. The minimum atomic E-state index is 0.699. The fourth-order valence-corrected chi connectivity index (χ4v) is 3.12. The van der Waals surface area contributed by atoms with Gasteiger partial charge in [-0.2, -0.15) is 0 Å². The summed E-state index contributed by atoms with van der Waals surface area (Å²) in [6.07, 6.45) is 1.28. The van der Waals surface area contributed by atoms with E-state index < -0.39 is 0 Å². The van der Waals surface area contributed by atoms with Crippen LogP contribution in [0.3, 0.4) is 0 Å². The Morgan fingerprint density at radius 2 is 1.94 bits per heavy atom. The Morgan fingerprint density at radius 1 is 1.11 bits per heavy atom. The SMILES string of the molecule is c1ccc2c(c1)CNCC2CCN1CCNCC1. The Labute approximate surface area is 110 Å². The normalized spacial score (nSPS) is 24.8. The number of nitrogens with zero attached hydrogens (tertiary/aromatic N) is 1. The molecule has 0 radical (unpaired) electrons. The Hall–Kier alpha value is -0.900. The van der Waals surface area contributed by atoms with Crippen molar-refractivity contribution in [1.82, 2.24) is 15.5 Å². The molecule has 2 N–H and O–H groups in total. The van der Waals surface area contributed by atoms with Gasteiger partial charge in [0, 0.05) is 39.3 Å². The fraction of sp³-hybridized carbons (Fsp3) is 0.600. The van der Waals surface area contributed by atoms with Crippen molar-refractivity contribution in [2.75, 3.05) is 39.3 Å². The lowest BCUT2D eigenvalue weighted by molar-refractivity contribution is 0.231. The van der Waals surface area contributed by atoms with Crippen molar-refractivity contribution in [2.45, 2.75) is 18.9 Å². The van der Waals surface area contributed by atoms with Crippen molar-refractivity contribution in [3.05, 3.63) is 35.4 Å². The lowest BCUT2D eigenvalue weighted by Crippen LogP contribution is -2.44. The molecule has 1 aromatic carbocycles. The monoisotopic (exact) mass is 245 g/mol. The lowest BCUT2D eigenvalue weighted by Gasteiger charge is -2.31. The second-order valence-electron chi connectivity index (χ2n) is 5.41. The predicted octanol–water partition coefficient (Wildman–Crippen LogP) is 1.17. The van der Waals surface area contributed by atoms with Crippen molar-refractivity contribution in [3.63, 3.8) is 0 Å². The van der Waals surface area contributed by atoms with Crippen molar-refractivity contribution >= 4 is 0 Å². The molecule has 3 nitrogen and oxygen atoms in total. The zero-order valence-corrected chi connectivity index (χ0v) is 11.0. The van der Waals surface area contributed by atoms with E-state index in [4.69, 9.17) is 0 Å². The summed E-state index contributed by atoms with van der Waals surface area (Å²) < 4.78 is 0. The second-order valence-corrected chi connectivity index (χ2v) is 5.41. The zero-order chi connectivity index (χ0) is 12.2. The Balaban J connectivity index is 1.60. The van der Waals surface area contributed by atoms with Crippen molar-refractivity contribution < 1.29 is 0 Å². The Kier molecular flexibility index (Phi) is 3.93. The molecule has 1 fully saturated rings. The van der Waals surface area contributed by atoms with Gasteiger partial charge in [-0.1, -0.05) is 24.3 Å². The van der Waals surface area contributed by atoms with E-state index in [1.807, 2.05) is 0 Å².